The van der Waals surface area contributed by atoms with Crippen molar-refractivity contribution in [3.63, 3.8) is 0 Å². The molecule has 3 nitrogen and oxygen atoms in total. The van der Waals surface area contributed by atoms with Gasteiger partial charge >= 0.3 is 5.97 Å². The van der Waals surface area contributed by atoms with Gasteiger partial charge in [-0.25, -0.2) is 0 Å². The molecule has 30 heavy (non-hydrogen) atoms. The molecule has 4 heteroatoms. The SMILES string of the molecule is Cc1c(CCC(=O)O)ccc(OCC2=C(c3ccc(Cl)cc3)CCC(C)(C)C2)c1C. The fourth-order valence-electron chi connectivity index (χ4n) is 4.24. The van der Waals surface area contributed by atoms with Crippen LogP contribution in [0.15, 0.2) is 42.0 Å². The summed E-state index contributed by atoms with van der Waals surface area (Å²) >= 11 is 6.08. The van der Waals surface area contributed by atoms with E-state index in [2.05, 4.69) is 26.0 Å². The first-order valence-electron chi connectivity index (χ1n) is 10.6. The number of halogens is 1. The lowest BCUT2D eigenvalue weighted by atomic mass is 9.73. The molecule has 2 aromatic carbocycles. The van der Waals surface area contributed by atoms with Crippen LogP contribution in [0, 0.1) is 19.3 Å². The van der Waals surface area contributed by atoms with Gasteiger partial charge in [0.2, 0.25) is 0 Å². The van der Waals surface area contributed by atoms with Gasteiger partial charge in [0.15, 0.2) is 0 Å². The van der Waals surface area contributed by atoms with Crippen molar-refractivity contribution in [2.45, 2.75) is 59.8 Å². The summed E-state index contributed by atoms with van der Waals surface area (Å²) in [5.41, 5.74) is 7.48. The van der Waals surface area contributed by atoms with Gasteiger partial charge in [0.25, 0.3) is 0 Å². The van der Waals surface area contributed by atoms with Crippen LogP contribution in [-0.2, 0) is 11.2 Å². The third-order valence-corrected chi connectivity index (χ3v) is 6.47. The first kappa shape index (κ1) is 22.4. The molecule has 1 N–H and O–H groups in total. The Labute approximate surface area is 184 Å². The molecule has 0 saturated carbocycles. The number of aliphatic carboxylic acids is 1. The third-order valence-electron chi connectivity index (χ3n) is 6.22. The van der Waals surface area contributed by atoms with E-state index in [0.717, 1.165) is 46.7 Å². The molecule has 0 unspecified atom stereocenters. The highest BCUT2D eigenvalue weighted by Crippen LogP contribution is 2.42. The van der Waals surface area contributed by atoms with E-state index in [-0.39, 0.29) is 11.8 Å². The molecule has 0 spiro atoms. The third kappa shape index (κ3) is 5.46. The van der Waals surface area contributed by atoms with Crippen molar-refractivity contribution in [3.05, 3.63) is 69.2 Å². The molecular weight excluding hydrogens is 396 g/mol. The largest absolute Gasteiger partial charge is 0.489 e. The van der Waals surface area contributed by atoms with E-state index in [1.165, 1.54) is 16.7 Å². The summed E-state index contributed by atoms with van der Waals surface area (Å²) in [5.74, 6) is 0.104. The molecule has 3 rings (SSSR count). The Morgan fingerprint density at radius 3 is 2.47 bits per heavy atom. The van der Waals surface area contributed by atoms with Gasteiger partial charge in [-0.05, 0) is 96.5 Å². The predicted molar refractivity (Wildman–Crippen MR) is 123 cm³/mol. The molecule has 0 fully saturated rings. The van der Waals surface area contributed by atoms with Crippen molar-refractivity contribution in [3.8, 4) is 5.75 Å². The second kappa shape index (κ2) is 9.26. The lowest BCUT2D eigenvalue weighted by Crippen LogP contribution is -2.21. The Hall–Kier alpha value is -2.26. The zero-order chi connectivity index (χ0) is 21.9. The summed E-state index contributed by atoms with van der Waals surface area (Å²) in [4.78, 5) is 10.9. The van der Waals surface area contributed by atoms with Crippen LogP contribution >= 0.6 is 11.6 Å². The molecule has 1 aliphatic carbocycles. The van der Waals surface area contributed by atoms with Crippen molar-refractivity contribution >= 4 is 23.1 Å². The summed E-state index contributed by atoms with van der Waals surface area (Å²) in [6.45, 7) is 9.29. The molecule has 0 amide bonds. The smallest absolute Gasteiger partial charge is 0.303 e. The van der Waals surface area contributed by atoms with Gasteiger partial charge in [0, 0.05) is 11.4 Å². The molecule has 0 aliphatic heterocycles. The number of benzene rings is 2. The predicted octanol–water partition coefficient (Wildman–Crippen LogP) is 7.02. The van der Waals surface area contributed by atoms with E-state index in [4.69, 9.17) is 21.4 Å². The molecule has 0 radical (unpaired) electrons. The zero-order valence-corrected chi connectivity index (χ0v) is 19.1. The summed E-state index contributed by atoms with van der Waals surface area (Å²) in [6, 6.07) is 12.1. The molecule has 0 atom stereocenters. The number of hydrogen-bond donors (Lipinski definition) is 1. The second-order valence-electron chi connectivity index (χ2n) is 9.09. The second-order valence-corrected chi connectivity index (χ2v) is 9.52. The van der Waals surface area contributed by atoms with E-state index >= 15 is 0 Å². The maximum absolute atomic E-state index is 10.9. The van der Waals surface area contributed by atoms with Crippen LogP contribution in [0.3, 0.4) is 0 Å². The summed E-state index contributed by atoms with van der Waals surface area (Å²) in [6.07, 6.45) is 3.90. The molecule has 0 saturated heterocycles. The fraction of sp³-hybridized carbons (Fsp3) is 0.423. The van der Waals surface area contributed by atoms with Gasteiger partial charge in [0.05, 0.1) is 0 Å². The van der Waals surface area contributed by atoms with E-state index in [0.29, 0.717) is 13.0 Å². The number of carboxylic acid groups (broad SMARTS) is 1. The highest BCUT2D eigenvalue weighted by atomic mass is 35.5. The van der Waals surface area contributed by atoms with E-state index in [1.807, 2.05) is 38.1 Å². The molecule has 0 bridgehead atoms. The fourth-order valence-corrected chi connectivity index (χ4v) is 4.36. The first-order chi connectivity index (χ1) is 14.2. The average Bonchev–Trinajstić information content (AvgIpc) is 2.68. The minimum Gasteiger partial charge on any atom is -0.489 e. The molecule has 0 heterocycles. The molecule has 160 valence electrons. The Morgan fingerprint density at radius 1 is 1.10 bits per heavy atom. The number of aryl methyl sites for hydroxylation is 1. The van der Waals surface area contributed by atoms with Crippen LogP contribution in [0.25, 0.3) is 5.57 Å². The minimum absolute atomic E-state index is 0.146. The van der Waals surface area contributed by atoms with E-state index in [1.54, 1.807) is 0 Å². The number of carboxylic acids is 1. The maximum Gasteiger partial charge on any atom is 0.303 e. The van der Waals surface area contributed by atoms with Crippen molar-refractivity contribution in [1.82, 2.24) is 0 Å². The average molecular weight is 427 g/mol. The van der Waals surface area contributed by atoms with Crippen molar-refractivity contribution in [2.75, 3.05) is 6.61 Å². The maximum atomic E-state index is 10.9. The lowest BCUT2D eigenvalue weighted by molar-refractivity contribution is -0.136. The van der Waals surface area contributed by atoms with Crippen LogP contribution in [0.2, 0.25) is 5.02 Å². The topological polar surface area (TPSA) is 46.5 Å². The zero-order valence-electron chi connectivity index (χ0n) is 18.3. The normalized spacial score (nSPS) is 15.9. The monoisotopic (exact) mass is 426 g/mol. The van der Waals surface area contributed by atoms with Gasteiger partial charge in [-0.1, -0.05) is 43.6 Å². The van der Waals surface area contributed by atoms with Crippen molar-refractivity contribution in [2.24, 2.45) is 5.41 Å². The van der Waals surface area contributed by atoms with Crippen LogP contribution in [0.4, 0.5) is 0 Å². The van der Waals surface area contributed by atoms with Crippen molar-refractivity contribution < 1.29 is 14.6 Å². The number of ether oxygens (including phenoxy) is 1. The highest BCUT2D eigenvalue weighted by molar-refractivity contribution is 6.30. The van der Waals surface area contributed by atoms with Crippen LogP contribution in [-0.4, -0.2) is 17.7 Å². The Morgan fingerprint density at radius 2 is 1.80 bits per heavy atom. The molecule has 2 aromatic rings. The lowest BCUT2D eigenvalue weighted by Gasteiger charge is -2.33. The summed E-state index contributed by atoms with van der Waals surface area (Å²) in [5, 5.41) is 9.71. The van der Waals surface area contributed by atoms with Crippen LogP contribution in [0.5, 0.6) is 5.75 Å². The Bertz CT molecular complexity index is 955. The number of allylic oxidation sites excluding steroid dienone is 1. The van der Waals surface area contributed by atoms with E-state index < -0.39 is 5.97 Å². The van der Waals surface area contributed by atoms with Crippen LogP contribution < -0.4 is 4.74 Å². The number of rotatable bonds is 7. The van der Waals surface area contributed by atoms with E-state index in [9.17, 15) is 4.79 Å². The highest BCUT2D eigenvalue weighted by Gasteiger charge is 2.28. The van der Waals surface area contributed by atoms with Gasteiger partial charge in [0.1, 0.15) is 12.4 Å². The van der Waals surface area contributed by atoms with Crippen molar-refractivity contribution in [1.29, 1.82) is 0 Å². The Balaban J connectivity index is 1.83. The van der Waals surface area contributed by atoms with Gasteiger partial charge in [-0.2, -0.15) is 0 Å². The Kier molecular flexibility index (Phi) is 6.92. The summed E-state index contributed by atoms with van der Waals surface area (Å²) in [7, 11) is 0. The molecule has 0 aromatic heterocycles. The minimum atomic E-state index is -0.769. The molecular formula is C26H31ClO3. The quantitative estimate of drug-likeness (QED) is 0.517. The first-order valence-corrected chi connectivity index (χ1v) is 10.9. The van der Waals surface area contributed by atoms with Gasteiger partial charge in [-0.15, -0.1) is 0 Å². The summed E-state index contributed by atoms with van der Waals surface area (Å²) < 4.78 is 6.31. The molecule has 1 aliphatic rings. The van der Waals surface area contributed by atoms with Gasteiger partial charge in [-0.3, -0.25) is 4.79 Å². The standard InChI is InChI=1S/C26H31ClO3/c1-17-18(2)24(11-7-19(17)8-12-25(28)29)30-16-21-15-26(3,4)14-13-23(21)20-5-9-22(27)10-6-20/h5-7,9-11H,8,12-16H2,1-4H3,(H,28,29). The number of carbonyl (C=O) groups is 1. The van der Waals surface area contributed by atoms with Gasteiger partial charge < -0.3 is 9.84 Å². The number of hydrogen-bond acceptors (Lipinski definition) is 2. The van der Waals surface area contributed by atoms with Crippen LogP contribution in [0.1, 0.15) is 61.8 Å².